The molecule has 2 heteroatoms. The van der Waals surface area contributed by atoms with Crippen LogP contribution in [0.15, 0.2) is 0 Å². The lowest BCUT2D eigenvalue weighted by Gasteiger charge is -2.34. The topological polar surface area (TPSA) is 12.5 Å². The molecule has 0 radical (unpaired) electrons. The minimum atomic E-state index is 0.221. The lowest BCUT2D eigenvalue weighted by atomic mass is 10.1. The standard InChI is InChI=1S/C14H31NO/c1-11(2)9-12(3)16-13(4)10-15(8)14(5,6)7/h11-13H,9-10H2,1-8H3. The lowest BCUT2D eigenvalue weighted by molar-refractivity contribution is -0.0266. The maximum absolute atomic E-state index is 5.99. The van der Waals surface area contributed by atoms with Gasteiger partial charge in [-0.25, -0.2) is 0 Å². The van der Waals surface area contributed by atoms with Crippen molar-refractivity contribution < 1.29 is 4.74 Å². The molecule has 0 aliphatic rings. The first-order valence-corrected chi connectivity index (χ1v) is 6.49. The summed E-state index contributed by atoms with van der Waals surface area (Å²) in [5, 5.41) is 0. The Labute approximate surface area is 102 Å². The van der Waals surface area contributed by atoms with Crippen LogP contribution in [0.2, 0.25) is 0 Å². The van der Waals surface area contributed by atoms with Crippen molar-refractivity contribution in [2.75, 3.05) is 13.6 Å². The Hall–Kier alpha value is -0.0800. The van der Waals surface area contributed by atoms with Crippen LogP contribution in [-0.2, 0) is 4.74 Å². The molecule has 0 saturated heterocycles. The van der Waals surface area contributed by atoms with Crippen LogP contribution in [0, 0.1) is 5.92 Å². The van der Waals surface area contributed by atoms with E-state index in [0.29, 0.717) is 18.1 Å². The summed E-state index contributed by atoms with van der Waals surface area (Å²) in [7, 11) is 2.16. The summed E-state index contributed by atoms with van der Waals surface area (Å²) in [6, 6.07) is 0. The quantitative estimate of drug-likeness (QED) is 0.690. The maximum atomic E-state index is 5.99. The first-order valence-electron chi connectivity index (χ1n) is 6.49. The molecule has 0 saturated carbocycles. The lowest BCUT2D eigenvalue weighted by Crippen LogP contribution is -2.43. The van der Waals surface area contributed by atoms with E-state index >= 15 is 0 Å². The molecule has 0 fully saturated rings. The van der Waals surface area contributed by atoms with Crippen molar-refractivity contribution in [1.29, 1.82) is 0 Å². The molecule has 0 aromatic carbocycles. The molecule has 16 heavy (non-hydrogen) atoms. The summed E-state index contributed by atoms with van der Waals surface area (Å²) in [5.74, 6) is 0.711. The van der Waals surface area contributed by atoms with Crippen LogP contribution in [-0.4, -0.2) is 36.2 Å². The summed E-state index contributed by atoms with van der Waals surface area (Å²) in [6.45, 7) is 16.5. The number of likely N-dealkylation sites (N-methyl/N-ethyl adjacent to an activating group) is 1. The number of hydrogen-bond donors (Lipinski definition) is 0. The predicted octanol–water partition coefficient (Wildman–Crippen LogP) is 3.56. The van der Waals surface area contributed by atoms with Crippen LogP contribution in [0.4, 0.5) is 0 Å². The first kappa shape index (κ1) is 15.9. The predicted molar refractivity (Wildman–Crippen MR) is 71.8 cm³/mol. The normalized spacial score (nSPS) is 16.9. The molecular weight excluding hydrogens is 198 g/mol. The monoisotopic (exact) mass is 229 g/mol. The number of rotatable bonds is 6. The molecule has 0 heterocycles. The zero-order chi connectivity index (χ0) is 12.9. The van der Waals surface area contributed by atoms with Gasteiger partial charge < -0.3 is 4.74 Å². The van der Waals surface area contributed by atoms with Crippen molar-refractivity contribution in [3.8, 4) is 0 Å². The molecule has 0 rings (SSSR count). The molecule has 2 atom stereocenters. The van der Waals surface area contributed by atoms with Gasteiger partial charge in [-0.3, -0.25) is 4.90 Å². The van der Waals surface area contributed by atoms with Gasteiger partial charge in [0, 0.05) is 12.1 Å². The highest BCUT2D eigenvalue weighted by Gasteiger charge is 2.20. The van der Waals surface area contributed by atoms with Gasteiger partial charge in [0.2, 0.25) is 0 Å². The van der Waals surface area contributed by atoms with Crippen LogP contribution in [0.25, 0.3) is 0 Å². The minimum absolute atomic E-state index is 0.221. The van der Waals surface area contributed by atoms with Crippen LogP contribution in [0.5, 0.6) is 0 Å². The molecule has 0 spiro atoms. The van der Waals surface area contributed by atoms with Gasteiger partial charge in [0.25, 0.3) is 0 Å². The fourth-order valence-corrected chi connectivity index (χ4v) is 1.82. The summed E-state index contributed by atoms with van der Waals surface area (Å²) in [4.78, 5) is 2.35. The smallest absolute Gasteiger partial charge is 0.0677 e. The van der Waals surface area contributed by atoms with E-state index in [1.54, 1.807) is 0 Å². The van der Waals surface area contributed by atoms with E-state index < -0.39 is 0 Å². The molecule has 0 aromatic rings. The highest BCUT2D eigenvalue weighted by atomic mass is 16.5. The van der Waals surface area contributed by atoms with Gasteiger partial charge in [-0.2, -0.15) is 0 Å². The summed E-state index contributed by atoms with van der Waals surface area (Å²) in [5.41, 5.74) is 0.221. The fraction of sp³-hybridized carbons (Fsp3) is 1.00. The van der Waals surface area contributed by atoms with Crippen LogP contribution in [0.1, 0.15) is 54.9 Å². The highest BCUT2D eigenvalue weighted by molar-refractivity contribution is 4.74. The average molecular weight is 229 g/mol. The van der Waals surface area contributed by atoms with E-state index in [1.165, 1.54) is 0 Å². The Morgan fingerprint density at radius 1 is 1.00 bits per heavy atom. The van der Waals surface area contributed by atoms with Gasteiger partial charge in [0.1, 0.15) is 0 Å². The fourth-order valence-electron chi connectivity index (χ4n) is 1.82. The van der Waals surface area contributed by atoms with E-state index in [0.717, 1.165) is 13.0 Å². The Balaban J connectivity index is 3.94. The van der Waals surface area contributed by atoms with Crippen molar-refractivity contribution in [3.05, 3.63) is 0 Å². The maximum Gasteiger partial charge on any atom is 0.0677 e. The molecule has 0 N–H and O–H groups in total. The number of hydrogen-bond acceptors (Lipinski definition) is 2. The van der Waals surface area contributed by atoms with Gasteiger partial charge in [-0.15, -0.1) is 0 Å². The molecule has 0 aliphatic heterocycles. The second-order valence-corrected chi connectivity index (χ2v) is 6.44. The molecule has 0 bridgehead atoms. The SMILES string of the molecule is CC(C)CC(C)OC(C)CN(C)C(C)(C)C. The Kier molecular flexibility index (Phi) is 6.57. The zero-order valence-electron chi connectivity index (χ0n) is 12.5. The van der Waals surface area contributed by atoms with E-state index in [4.69, 9.17) is 4.74 Å². The molecule has 2 nitrogen and oxygen atoms in total. The van der Waals surface area contributed by atoms with Crippen molar-refractivity contribution in [2.24, 2.45) is 5.92 Å². The third-order valence-electron chi connectivity index (χ3n) is 2.94. The van der Waals surface area contributed by atoms with Crippen molar-refractivity contribution >= 4 is 0 Å². The van der Waals surface area contributed by atoms with Gasteiger partial charge >= 0.3 is 0 Å². The Bertz CT molecular complexity index is 184. The van der Waals surface area contributed by atoms with Crippen LogP contribution in [0.3, 0.4) is 0 Å². The Morgan fingerprint density at radius 3 is 1.88 bits per heavy atom. The summed E-state index contributed by atoms with van der Waals surface area (Å²) < 4.78 is 5.99. The molecule has 2 unspecified atom stereocenters. The van der Waals surface area contributed by atoms with E-state index in [2.05, 4.69) is 60.4 Å². The average Bonchev–Trinajstić information content (AvgIpc) is 1.98. The third-order valence-corrected chi connectivity index (χ3v) is 2.94. The second-order valence-electron chi connectivity index (χ2n) is 6.44. The zero-order valence-corrected chi connectivity index (χ0v) is 12.5. The van der Waals surface area contributed by atoms with E-state index in [1.807, 2.05) is 0 Å². The number of ether oxygens (including phenoxy) is 1. The van der Waals surface area contributed by atoms with Gasteiger partial charge in [-0.1, -0.05) is 13.8 Å². The molecule has 0 amide bonds. The largest absolute Gasteiger partial charge is 0.374 e. The molecule has 98 valence electrons. The molecule has 0 aromatic heterocycles. The van der Waals surface area contributed by atoms with Crippen molar-refractivity contribution in [2.45, 2.75) is 72.6 Å². The van der Waals surface area contributed by atoms with Crippen LogP contribution < -0.4 is 0 Å². The number of nitrogens with zero attached hydrogens (tertiary/aromatic N) is 1. The van der Waals surface area contributed by atoms with E-state index in [9.17, 15) is 0 Å². The molecule has 0 aliphatic carbocycles. The van der Waals surface area contributed by atoms with Gasteiger partial charge in [-0.05, 0) is 54.0 Å². The summed E-state index contributed by atoms with van der Waals surface area (Å²) in [6.07, 6.45) is 1.81. The third kappa shape index (κ3) is 7.24. The van der Waals surface area contributed by atoms with Gasteiger partial charge in [0.15, 0.2) is 0 Å². The van der Waals surface area contributed by atoms with Crippen molar-refractivity contribution in [1.82, 2.24) is 4.90 Å². The Morgan fingerprint density at radius 2 is 1.50 bits per heavy atom. The summed E-state index contributed by atoms with van der Waals surface area (Å²) >= 11 is 0. The second kappa shape index (κ2) is 6.61. The minimum Gasteiger partial charge on any atom is -0.374 e. The highest BCUT2D eigenvalue weighted by Crippen LogP contribution is 2.14. The van der Waals surface area contributed by atoms with E-state index in [-0.39, 0.29) is 5.54 Å². The van der Waals surface area contributed by atoms with Gasteiger partial charge in [0.05, 0.1) is 12.2 Å². The first-order chi connectivity index (χ1) is 7.12. The van der Waals surface area contributed by atoms with Crippen LogP contribution >= 0.6 is 0 Å². The molecular formula is C14H31NO. The van der Waals surface area contributed by atoms with Crippen molar-refractivity contribution in [3.63, 3.8) is 0 Å².